The molecule has 0 saturated carbocycles. The van der Waals surface area contributed by atoms with Gasteiger partial charge in [0.1, 0.15) is 11.6 Å². The van der Waals surface area contributed by atoms with E-state index in [4.69, 9.17) is 10.9 Å². The van der Waals surface area contributed by atoms with Crippen LogP contribution >= 0.6 is 0 Å². The number of nitrogens with one attached hydrogen (secondary N) is 1. The average Bonchev–Trinajstić information content (AvgIpc) is 2.61. The fourth-order valence-electron chi connectivity index (χ4n) is 2.22. The number of amides is 2. The van der Waals surface area contributed by atoms with Crippen LogP contribution in [0.1, 0.15) is 6.92 Å². The number of hydrogen-bond donors (Lipinski definition) is 3. The van der Waals surface area contributed by atoms with Crippen molar-refractivity contribution < 1.29 is 18.0 Å². The first-order valence-electron chi connectivity index (χ1n) is 7.83. The molecule has 0 aliphatic carbocycles. The van der Waals surface area contributed by atoms with E-state index in [2.05, 4.69) is 5.32 Å². The van der Waals surface area contributed by atoms with E-state index in [0.717, 1.165) is 11.1 Å². The maximum absolute atomic E-state index is 12.4. The van der Waals surface area contributed by atoms with E-state index in [1.54, 1.807) is 24.3 Å². The van der Waals surface area contributed by atoms with Crippen LogP contribution in [0.3, 0.4) is 0 Å². The molecule has 0 spiro atoms. The largest absolute Gasteiger partial charge is 0.399 e. The second kappa shape index (κ2) is 8.34. The molecule has 144 valence electrons. The number of sulfonamides is 1. The Kier molecular flexibility index (Phi) is 6.15. The molecule has 10 heteroatoms. The van der Waals surface area contributed by atoms with Crippen LogP contribution in [0.2, 0.25) is 0 Å². The van der Waals surface area contributed by atoms with Crippen LogP contribution in [0.15, 0.2) is 65.2 Å². The minimum atomic E-state index is -3.86. The first-order valence-corrected chi connectivity index (χ1v) is 9.38. The van der Waals surface area contributed by atoms with Gasteiger partial charge in [-0.05, 0) is 42.5 Å². The monoisotopic (exact) mass is 399 g/mol. The van der Waals surface area contributed by atoms with Gasteiger partial charge in [0.15, 0.2) is 0 Å². The van der Waals surface area contributed by atoms with E-state index in [1.807, 2.05) is 0 Å². The lowest BCUT2D eigenvalue weighted by Gasteiger charge is -2.17. The highest BCUT2D eigenvalue weighted by atomic mass is 32.2. The maximum Gasteiger partial charge on any atom is 0.267 e. The zero-order valence-corrected chi connectivity index (χ0v) is 15.6. The SMILES string of the molecule is CC(=O)N(/C=C(/C#N)C(=O)Nc1ccc(S(N)(=O)=O)cc1)c1cccc(N)c1. The fraction of sp³-hybridized carbons (Fsp3) is 0.0556. The molecule has 0 fully saturated rings. The topological polar surface area (TPSA) is 159 Å². The van der Waals surface area contributed by atoms with Gasteiger partial charge >= 0.3 is 0 Å². The second-order valence-corrected chi connectivity index (χ2v) is 7.22. The van der Waals surface area contributed by atoms with E-state index in [1.165, 1.54) is 37.3 Å². The maximum atomic E-state index is 12.4. The average molecular weight is 399 g/mol. The van der Waals surface area contributed by atoms with Gasteiger partial charge in [-0.15, -0.1) is 0 Å². The van der Waals surface area contributed by atoms with Crippen molar-refractivity contribution in [3.63, 3.8) is 0 Å². The summed E-state index contributed by atoms with van der Waals surface area (Å²) in [5.74, 6) is -1.20. The Bertz CT molecular complexity index is 1090. The molecule has 5 N–H and O–H groups in total. The van der Waals surface area contributed by atoms with Crippen LogP contribution in [-0.2, 0) is 19.6 Å². The zero-order valence-electron chi connectivity index (χ0n) is 14.8. The van der Waals surface area contributed by atoms with Crippen molar-refractivity contribution in [2.24, 2.45) is 5.14 Å². The van der Waals surface area contributed by atoms with Crippen LogP contribution in [-0.4, -0.2) is 20.2 Å². The summed E-state index contributed by atoms with van der Waals surface area (Å²) in [6.45, 7) is 1.28. The molecule has 0 radical (unpaired) electrons. The minimum absolute atomic E-state index is 0.119. The summed E-state index contributed by atoms with van der Waals surface area (Å²) in [6.07, 6.45) is 1.10. The van der Waals surface area contributed by atoms with E-state index in [-0.39, 0.29) is 16.2 Å². The van der Waals surface area contributed by atoms with Gasteiger partial charge in [0.05, 0.1) is 10.6 Å². The smallest absolute Gasteiger partial charge is 0.267 e. The quantitative estimate of drug-likeness (QED) is 0.390. The molecule has 0 aliphatic heterocycles. The first kappa shape index (κ1) is 20.6. The minimum Gasteiger partial charge on any atom is -0.399 e. The van der Waals surface area contributed by atoms with Crippen molar-refractivity contribution >= 4 is 38.9 Å². The third-order valence-electron chi connectivity index (χ3n) is 3.55. The van der Waals surface area contributed by atoms with Gasteiger partial charge < -0.3 is 11.1 Å². The zero-order chi connectivity index (χ0) is 20.9. The third-order valence-corrected chi connectivity index (χ3v) is 4.48. The molecule has 0 bridgehead atoms. The fourth-order valence-corrected chi connectivity index (χ4v) is 2.73. The Morgan fingerprint density at radius 1 is 1.18 bits per heavy atom. The molecule has 2 rings (SSSR count). The Morgan fingerprint density at radius 3 is 2.32 bits per heavy atom. The van der Waals surface area contributed by atoms with E-state index in [9.17, 15) is 23.3 Å². The molecule has 0 aromatic heterocycles. The highest BCUT2D eigenvalue weighted by Gasteiger charge is 2.16. The number of nitrogens with two attached hydrogens (primary N) is 2. The predicted molar refractivity (Wildman–Crippen MR) is 104 cm³/mol. The summed E-state index contributed by atoms with van der Waals surface area (Å²) in [7, 11) is -3.86. The first-order chi connectivity index (χ1) is 13.1. The summed E-state index contributed by atoms with van der Waals surface area (Å²) < 4.78 is 22.5. The Hall–Kier alpha value is -3.68. The molecule has 2 amide bonds. The summed E-state index contributed by atoms with van der Waals surface area (Å²) in [5.41, 5.74) is 6.42. The standard InChI is InChI=1S/C18H17N5O4S/c1-12(24)23(16-4-2-3-14(20)9-16)11-13(10-19)18(25)22-15-5-7-17(8-6-15)28(21,26)27/h2-9,11H,20H2,1H3,(H,22,25)(H2,21,26,27)/b13-11-. The van der Waals surface area contributed by atoms with Gasteiger partial charge in [0, 0.05) is 24.5 Å². The van der Waals surface area contributed by atoms with Crippen LogP contribution in [0.5, 0.6) is 0 Å². The second-order valence-electron chi connectivity index (χ2n) is 5.66. The molecular weight excluding hydrogens is 382 g/mol. The van der Waals surface area contributed by atoms with Crippen LogP contribution in [0, 0.1) is 11.3 Å². The molecular formula is C18H17N5O4S. The van der Waals surface area contributed by atoms with Gasteiger partial charge in [0.2, 0.25) is 15.9 Å². The molecule has 0 heterocycles. The normalized spacial score (nSPS) is 11.4. The van der Waals surface area contributed by atoms with Crippen molar-refractivity contribution in [1.29, 1.82) is 5.26 Å². The molecule has 2 aromatic rings. The van der Waals surface area contributed by atoms with Crippen LogP contribution in [0.4, 0.5) is 17.1 Å². The number of hydrogen-bond acceptors (Lipinski definition) is 6. The van der Waals surface area contributed by atoms with Crippen molar-refractivity contribution in [3.05, 3.63) is 60.3 Å². The number of primary sulfonamides is 1. The lowest BCUT2D eigenvalue weighted by atomic mass is 10.2. The van der Waals surface area contributed by atoms with Crippen molar-refractivity contribution in [1.82, 2.24) is 0 Å². The lowest BCUT2D eigenvalue weighted by molar-refractivity contribution is -0.116. The summed E-state index contributed by atoms with van der Waals surface area (Å²) in [4.78, 5) is 25.3. The third kappa shape index (κ3) is 5.16. The number of carbonyl (C=O) groups is 2. The molecule has 9 nitrogen and oxygen atoms in total. The van der Waals surface area contributed by atoms with Crippen LogP contribution in [0.25, 0.3) is 0 Å². The molecule has 0 saturated heterocycles. The molecule has 0 aliphatic rings. The predicted octanol–water partition coefficient (Wildman–Crippen LogP) is 1.32. The van der Waals surface area contributed by atoms with E-state index < -0.39 is 21.8 Å². The number of nitrogen functional groups attached to an aromatic ring is 1. The summed E-state index contributed by atoms with van der Waals surface area (Å²) >= 11 is 0. The van der Waals surface area contributed by atoms with Gasteiger partial charge in [-0.2, -0.15) is 5.26 Å². The number of anilines is 3. The number of rotatable bonds is 5. The Balaban J connectivity index is 2.28. The highest BCUT2D eigenvalue weighted by Crippen LogP contribution is 2.20. The van der Waals surface area contributed by atoms with Crippen molar-refractivity contribution in [2.45, 2.75) is 11.8 Å². The van der Waals surface area contributed by atoms with Gasteiger partial charge in [-0.25, -0.2) is 13.6 Å². The molecule has 2 aromatic carbocycles. The summed E-state index contributed by atoms with van der Waals surface area (Å²) in [5, 5.41) is 16.8. The number of carbonyl (C=O) groups excluding carboxylic acids is 2. The molecule has 28 heavy (non-hydrogen) atoms. The van der Waals surface area contributed by atoms with Crippen molar-refractivity contribution in [2.75, 3.05) is 16.0 Å². The van der Waals surface area contributed by atoms with E-state index in [0.29, 0.717) is 11.4 Å². The number of benzene rings is 2. The number of nitrogens with zero attached hydrogens (tertiary/aromatic N) is 2. The molecule has 0 atom stereocenters. The summed E-state index contributed by atoms with van der Waals surface area (Å²) in [6, 6.07) is 13.2. The number of nitriles is 1. The van der Waals surface area contributed by atoms with Gasteiger partial charge in [0.25, 0.3) is 5.91 Å². The Labute approximate surface area is 161 Å². The van der Waals surface area contributed by atoms with Crippen molar-refractivity contribution in [3.8, 4) is 6.07 Å². The van der Waals surface area contributed by atoms with Crippen LogP contribution < -0.4 is 21.1 Å². The van der Waals surface area contributed by atoms with E-state index >= 15 is 0 Å². The Morgan fingerprint density at radius 2 is 1.82 bits per heavy atom. The van der Waals surface area contributed by atoms with Gasteiger partial charge in [-0.1, -0.05) is 6.07 Å². The highest BCUT2D eigenvalue weighted by molar-refractivity contribution is 7.89. The lowest BCUT2D eigenvalue weighted by Crippen LogP contribution is -2.25. The van der Waals surface area contributed by atoms with Gasteiger partial charge in [-0.3, -0.25) is 14.5 Å². The molecule has 0 unspecified atom stereocenters.